The van der Waals surface area contributed by atoms with Crippen LogP contribution in [0.4, 0.5) is 0 Å². The highest BCUT2D eigenvalue weighted by Gasteiger charge is 2.52. The van der Waals surface area contributed by atoms with Gasteiger partial charge in [-0.05, 0) is 12.2 Å². The van der Waals surface area contributed by atoms with Crippen LogP contribution in [0.5, 0.6) is 0 Å². The summed E-state index contributed by atoms with van der Waals surface area (Å²) in [5.41, 5.74) is 0.913. The van der Waals surface area contributed by atoms with Crippen molar-refractivity contribution in [3.8, 4) is 0 Å². The summed E-state index contributed by atoms with van der Waals surface area (Å²) in [4.78, 5) is 12.1. The van der Waals surface area contributed by atoms with Crippen molar-refractivity contribution in [1.29, 1.82) is 0 Å². The van der Waals surface area contributed by atoms with Gasteiger partial charge in [0.15, 0.2) is 11.6 Å². The van der Waals surface area contributed by atoms with E-state index in [0.717, 1.165) is 0 Å². The number of methoxy groups -OCH3 is 2. The summed E-state index contributed by atoms with van der Waals surface area (Å²) in [6, 6.07) is 0. The van der Waals surface area contributed by atoms with Crippen molar-refractivity contribution in [3.05, 3.63) is 23.3 Å². The first-order valence-corrected chi connectivity index (χ1v) is 6.59. The third-order valence-corrected chi connectivity index (χ3v) is 4.17. The van der Waals surface area contributed by atoms with Gasteiger partial charge >= 0.3 is 0 Å². The number of carbonyl (C=O) groups is 1. The number of carbonyl (C=O) groups excluding carboxylic acids is 1. The molecule has 0 saturated carbocycles. The lowest BCUT2D eigenvalue weighted by Crippen LogP contribution is -2.49. The van der Waals surface area contributed by atoms with Crippen LogP contribution in [0.2, 0.25) is 0 Å². The number of hydrogen-bond acceptors (Lipinski definition) is 6. The van der Waals surface area contributed by atoms with E-state index in [1.165, 1.54) is 20.3 Å². The summed E-state index contributed by atoms with van der Waals surface area (Å²) in [5.74, 6) is -2.25. The summed E-state index contributed by atoms with van der Waals surface area (Å²) in [6.45, 7) is 0.957. The van der Waals surface area contributed by atoms with Crippen LogP contribution in [0.15, 0.2) is 23.3 Å². The first-order chi connectivity index (χ1) is 9.56. The molecule has 1 saturated heterocycles. The fourth-order valence-corrected chi connectivity index (χ4v) is 3.22. The highest BCUT2D eigenvalue weighted by molar-refractivity contribution is 6.07. The van der Waals surface area contributed by atoms with E-state index in [0.29, 0.717) is 30.8 Å². The van der Waals surface area contributed by atoms with Crippen molar-refractivity contribution >= 4 is 5.78 Å². The number of aliphatic hydroxyl groups excluding tert-OH is 1. The second-order valence-corrected chi connectivity index (χ2v) is 5.17. The topological polar surface area (TPSA) is 74.2 Å². The lowest BCUT2D eigenvalue weighted by Gasteiger charge is -2.43. The molecule has 2 aliphatic carbocycles. The van der Waals surface area contributed by atoms with Crippen molar-refractivity contribution in [1.82, 2.24) is 0 Å². The Morgan fingerprint density at radius 1 is 1.30 bits per heavy atom. The van der Waals surface area contributed by atoms with Gasteiger partial charge in [-0.3, -0.25) is 4.79 Å². The predicted molar refractivity (Wildman–Crippen MR) is 67.8 cm³/mol. The number of allylic oxidation sites excluding steroid dienone is 1. The van der Waals surface area contributed by atoms with Crippen LogP contribution in [0.3, 0.4) is 0 Å². The molecule has 0 radical (unpaired) electrons. The van der Waals surface area contributed by atoms with Crippen LogP contribution >= 0.6 is 0 Å². The summed E-state index contributed by atoms with van der Waals surface area (Å²) in [7, 11) is 3.00. The van der Waals surface area contributed by atoms with Crippen LogP contribution < -0.4 is 0 Å². The monoisotopic (exact) mass is 282 g/mol. The molecule has 1 unspecified atom stereocenters. The maximum absolute atomic E-state index is 12.1. The Hall–Kier alpha value is -1.05. The molecule has 0 aromatic heterocycles. The molecule has 1 aliphatic heterocycles. The van der Waals surface area contributed by atoms with E-state index in [1.807, 2.05) is 0 Å². The molecule has 110 valence electrons. The van der Waals surface area contributed by atoms with Crippen LogP contribution in [-0.2, 0) is 23.7 Å². The normalized spacial score (nSPS) is 30.9. The zero-order valence-corrected chi connectivity index (χ0v) is 11.5. The van der Waals surface area contributed by atoms with E-state index >= 15 is 0 Å². The second-order valence-electron chi connectivity index (χ2n) is 5.17. The van der Waals surface area contributed by atoms with E-state index in [2.05, 4.69) is 0 Å². The van der Waals surface area contributed by atoms with Crippen LogP contribution in [0.25, 0.3) is 0 Å². The summed E-state index contributed by atoms with van der Waals surface area (Å²) in [5, 5.41) is 10.3. The van der Waals surface area contributed by atoms with Crippen LogP contribution in [0.1, 0.15) is 12.8 Å². The molecule has 0 bridgehead atoms. The number of ketones is 1. The minimum Gasteiger partial charge on any atom is -0.388 e. The van der Waals surface area contributed by atoms with Gasteiger partial charge in [-0.1, -0.05) is 0 Å². The van der Waals surface area contributed by atoms with E-state index in [4.69, 9.17) is 18.9 Å². The van der Waals surface area contributed by atoms with Crippen LogP contribution in [0, 0.1) is 0 Å². The van der Waals surface area contributed by atoms with Gasteiger partial charge in [-0.2, -0.15) is 0 Å². The summed E-state index contributed by atoms with van der Waals surface area (Å²) in [6.07, 6.45) is 2.59. The van der Waals surface area contributed by atoms with Gasteiger partial charge in [-0.15, -0.1) is 0 Å². The molecular weight excluding hydrogens is 264 g/mol. The number of ether oxygens (including phenoxy) is 4. The summed E-state index contributed by atoms with van der Waals surface area (Å²) < 4.78 is 22.2. The predicted octanol–water partition coefficient (Wildman–Crippen LogP) is 0.309. The molecule has 6 heteroatoms. The molecule has 1 N–H and O–H groups in total. The molecule has 1 fully saturated rings. The molecule has 3 aliphatic rings. The van der Waals surface area contributed by atoms with E-state index in [-0.39, 0.29) is 12.2 Å². The molecule has 1 heterocycles. The average Bonchev–Trinajstić information content (AvgIpc) is 2.87. The van der Waals surface area contributed by atoms with Crippen molar-refractivity contribution in [2.45, 2.75) is 30.5 Å². The molecule has 0 aromatic rings. The van der Waals surface area contributed by atoms with Crippen molar-refractivity contribution < 1.29 is 28.8 Å². The highest BCUT2D eigenvalue weighted by Crippen LogP contribution is 2.46. The number of hydrogen-bond donors (Lipinski definition) is 1. The molecule has 6 nitrogen and oxygen atoms in total. The van der Waals surface area contributed by atoms with Crippen molar-refractivity contribution in [3.63, 3.8) is 0 Å². The van der Waals surface area contributed by atoms with Crippen molar-refractivity contribution in [2.24, 2.45) is 0 Å². The Morgan fingerprint density at radius 2 is 1.95 bits per heavy atom. The average molecular weight is 282 g/mol. The SMILES string of the molecule is COC1(OC)C=CC(=O)C2=C1CC1(CC2O)OCCO1. The lowest BCUT2D eigenvalue weighted by molar-refractivity contribution is -0.199. The van der Waals surface area contributed by atoms with Gasteiger partial charge < -0.3 is 24.1 Å². The quantitative estimate of drug-likeness (QED) is 0.735. The first kappa shape index (κ1) is 13.9. The molecular formula is C14H18O6. The Labute approximate surface area is 116 Å². The van der Waals surface area contributed by atoms with Crippen LogP contribution in [-0.4, -0.2) is 56.0 Å². The maximum atomic E-state index is 12.1. The summed E-state index contributed by atoms with van der Waals surface area (Å²) >= 11 is 0. The largest absolute Gasteiger partial charge is 0.388 e. The molecule has 0 aromatic carbocycles. The maximum Gasteiger partial charge on any atom is 0.211 e. The van der Waals surface area contributed by atoms with Gasteiger partial charge in [0, 0.05) is 38.2 Å². The minimum absolute atomic E-state index is 0.218. The smallest absolute Gasteiger partial charge is 0.211 e. The Kier molecular flexibility index (Phi) is 3.30. The van der Waals surface area contributed by atoms with E-state index < -0.39 is 17.7 Å². The third kappa shape index (κ3) is 1.88. The van der Waals surface area contributed by atoms with Gasteiger partial charge in [0.1, 0.15) is 0 Å². The molecule has 1 spiro atoms. The zero-order valence-electron chi connectivity index (χ0n) is 11.5. The van der Waals surface area contributed by atoms with E-state index in [1.54, 1.807) is 6.08 Å². The molecule has 0 amide bonds. The van der Waals surface area contributed by atoms with Gasteiger partial charge in [0.2, 0.25) is 5.79 Å². The first-order valence-electron chi connectivity index (χ1n) is 6.59. The lowest BCUT2D eigenvalue weighted by atomic mass is 9.77. The van der Waals surface area contributed by atoms with Crippen molar-refractivity contribution in [2.75, 3.05) is 27.4 Å². The van der Waals surface area contributed by atoms with Gasteiger partial charge in [0.05, 0.1) is 19.3 Å². The van der Waals surface area contributed by atoms with Gasteiger partial charge in [-0.25, -0.2) is 0 Å². The second kappa shape index (κ2) is 4.75. The molecule has 3 rings (SSSR count). The molecule has 1 atom stereocenters. The highest BCUT2D eigenvalue weighted by atomic mass is 16.7. The Morgan fingerprint density at radius 3 is 2.55 bits per heavy atom. The standard InChI is InChI=1S/C14H18O6/c1-17-14(18-2)4-3-10(15)12-9(14)7-13(8-11(12)16)19-5-6-20-13/h3-4,11,16H,5-8H2,1-2H3. The fourth-order valence-electron chi connectivity index (χ4n) is 3.22. The van der Waals surface area contributed by atoms with E-state index in [9.17, 15) is 9.90 Å². The Bertz CT molecular complexity index is 482. The molecule has 20 heavy (non-hydrogen) atoms. The Balaban J connectivity index is 2.07. The third-order valence-electron chi connectivity index (χ3n) is 4.17. The number of rotatable bonds is 2. The zero-order chi connectivity index (χ0) is 14.4. The van der Waals surface area contributed by atoms with Gasteiger partial charge in [0.25, 0.3) is 0 Å². The fraction of sp³-hybridized carbons (Fsp3) is 0.643. The number of aliphatic hydroxyl groups is 1. The minimum atomic E-state index is -1.15.